The Morgan fingerprint density at radius 3 is 1.18 bits per heavy atom. The molecule has 14 N–H and O–H groups in total. The van der Waals surface area contributed by atoms with Crippen molar-refractivity contribution < 1.29 is 17.5 Å². The molecule has 0 bridgehead atoms. The summed E-state index contributed by atoms with van der Waals surface area (Å²) < 4.78 is 31.6. The average molecular weight is 491 g/mol. The van der Waals surface area contributed by atoms with Crippen LogP contribution in [0.1, 0.15) is 0 Å². The van der Waals surface area contributed by atoms with Crippen LogP contribution in [0.5, 0.6) is 0 Å². The largest absolute Gasteiger partial charge is 0.394 e. The number of aliphatic imine (C=N–C) groups is 2. The number of rotatable bonds is 4. The predicted octanol–water partition coefficient (Wildman–Crippen LogP) is -3.80. The van der Waals surface area contributed by atoms with E-state index in [1.165, 1.54) is 0 Å². The summed E-state index contributed by atoms with van der Waals surface area (Å²) in [5.74, 6) is 0.894. The smallest absolute Gasteiger partial charge is 0.370 e. The van der Waals surface area contributed by atoms with Gasteiger partial charge in [-0.1, -0.05) is 0 Å². The normalized spacial score (nSPS) is 9.88. The fourth-order valence-electron chi connectivity index (χ4n) is 1.47. The molecular formula is C12H26N16O4S. The topological polar surface area (TPSA) is 339 Å². The molecule has 21 heteroatoms. The van der Waals surface area contributed by atoms with E-state index in [9.17, 15) is 0 Å². The average Bonchev–Trinajstić information content (AvgIpc) is 2.58. The van der Waals surface area contributed by atoms with Crippen molar-refractivity contribution in [2.24, 2.45) is 32.9 Å². The summed E-state index contributed by atoms with van der Waals surface area (Å²) in [7, 11) is 2.42. The molecule has 2 aromatic heterocycles. The van der Waals surface area contributed by atoms with Crippen LogP contribution in [-0.4, -0.2) is 87.5 Å². The number of guanidine groups is 2. The van der Waals surface area contributed by atoms with Gasteiger partial charge in [0.1, 0.15) is 0 Å². The minimum Gasteiger partial charge on any atom is -0.370 e. The number of aromatic nitrogens is 6. The van der Waals surface area contributed by atoms with E-state index in [-0.39, 0.29) is 35.7 Å². The molecule has 2 aromatic rings. The number of hydrogen-bond donors (Lipinski definition) is 8. The second-order valence-electron chi connectivity index (χ2n) is 5.90. The van der Waals surface area contributed by atoms with Crippen LogP contribution in [0.2, 0.25) is 0 Å². The van der Waals surface area contributed by atoms with Crippen molar-refractivity contribution in [1.82, 2.24) is 29.9 Å². The van der Waals surface area contributed by atoms with Gasteiger partial charge in [-0.15, -0.1) is 0 Å². The first-order chi connectivity index (χ1) is 15.0. The molecule has 0 atom stereocenters. The molecule has 0 unspecified atom stereocenters. The third kappa shape index (κ3) is 14.3. The Morgan fingerprint density at radius 1 is 0.697 bits per heavy atom. The molecule has 0 aliphatic heterocycles. The monoisotopic (exact) mass is 490 g/mol. The number of hydrogen-bond acceptors (Lipinski definition) is 14. The first-order valence-electron chi connectivity index (χ1n) is 8.24. The van der Waals surface area contributed by atoms with Crippen molar-refractivity contribution >= 4 is 58.0 Å². The van der Waals surface area contributed by atoms with Crippen molar-refractivity contribution in [2.45, 2.75) is 0 Å². The van der Waals surface area contributed by atoms with Gasteiger partial charge in [-0.05, 0) is 0 Å². The Hall–Kier alpha value is -4.37. The van der Waals surface area contributed by atoms with E-state index >= 15 is 0 Å². The molecule has 2 heterocycles. The molecule has 0 spiro atoms. The number of anilines is 4. The molecule has 20 nitrogen and oxygen atoms in total. The van der Waals surface area contributed by atoms with Crippen LogP contribution in [-0.2, 0) is 10.4 Å². The molecule has 2 rings (SSSR count). The number of nitrogen functional groups attached to an aromatic ring is 2. The molecule has 184 valence electrons. The van der Waals surface area contributed by atoms with Crippen LogP contribution in [0.25, 0.3) is 0 Å². The van der Waals surface area contributed by atoms with Crippen molar-refractivity contribution in [3.8, 4) is 0 Å². The van der Waals surface area contributed by atoms with E-state index in [0.717, 1.165) is 0 Å². The summed E-state index contributed by atoms with van der Waals surface area (Å²) in [6, 6.07) is 0. The lowest BCUT2D eigenvalue weighted by atomic mass is 10.7. The van der Waals surface area contributed by atoms with E-state index in [1.54, 1.807) is 38.0 Å². The first-order valence-corrected chi connectivity index (χ1v) is 9.64. The van der Waals surface area contributed by atoms with Crippen LogP contribution in [0.3, 0.4) is 0 Å². The van der Waals surface area contributed by atoms with Gasteiger partial charge in [0.05, 0.1) is 0 Å². The number of nitrogens with zero attached hydrogens (tertiary/aromatic N) is 10. The zero-order valence-corrected chi connectivity index (χ0v) is 18.9. The molecule has 0 amide bonds. The van der Waals surface area contributed by atoms with Gasteiger partial charge < -0.3 is 44.2 Å². The Kier molecular flexibility index (Phi) is 10.8. The van der Waals surface area contributed by atoms with Crippen LogP contribution in [0.4, 0.5) is 35.7 Å². The summed E-state index contributed by atoms with van der Waals surface area (Å²) in [6.45, 7) is 0. The second kappa shape index (κ2) is 12.5. The highest BCUT2D eigenvalue weighted by Gasteiger charge is 2.05. The first kappa shape index (κ1) is 28.6. The highest BCUT2D eigenvalue weighted by molar-refractivity contribution is 7.79. The molecule has 0 aliphatic rings. The molecular weight excluding hydrogens is 464 g/mol. The standard InChI is InChI=1S/2C6H12N8.H2O4S/c2*1-14(2)6-12-4(9)11-5(13-6)10-3(7)8;1-5(2,3)4/h2*1-2H3,(H6,7,8,9,10,11,12,13);(H2,1,2,3,4). The van der Waals surface area contributed by atoms with Gasteiger partial charge in [0.15, 0.2) is 11.9 Å². The fourth-order valence-corrected chi connectivity index (χ4v) is 1.47. The molecule has 0 saturated carbocycles. The van der Waals surface area contributed by atoms with Gasteiger partial charge in [-0.2, -0.15) is 48.3 Å². The van der Waals surface area contributed by atoms with Crippen LogP contribution in [0.15, 0.2) is 9.98 Å². The Bertz CT molecular complexity index is 999. The maximum atomic E-state index is 8.74. The summed E-state index contributed by atoms with van der Waals surface area (Å²) in [5.41, 5.74) is 31.6. The zero-order valence-electron chi connectivity index (χ0n) is 18.1. The van der Waals surface area contributed by atoms with Gasteiger partial charge in [0, 0.05) is 28.2 Å². The Balaban J connectivity index is 0.000000517. The summed E-state index contributed by atoms with van der Waals surface area (Å²) in [4.78, 5) is 33.8. The quantitative estimate of drug-likeness (QED) is 0.115. The highest BCUT2D eigenvalue weighted by Crippen LogP contribution is 2.11. The van der Waals surface area contributed by atoms with Gasteiger partial charge in [-0.3, -0.25) is 9.11 Å². The highest BCUT2D eigenvalue weighted by atomic mass is 32.3. The number of nitrogens with two attached hydrogens (primary N) is 6. The van der Waals surface area contributed by atoms with Crippen molar-refractivity contribution in [3.05, 3.63) is 0 Å². The summed E-state index contributed by atoms with van der Waals surface area (Å²) in [6.07, 6.45) is 0. The second-order valence-corrected chi connectivity index (χ2v) is 6.79. The van der Waals surface area contributed by atoms with E-state index in [4.69, 9.17) is 51.9 Å². The van der Waals surface area contributed by atoms with E-state index in [0.29, 0.717) is 11.9 Å². The lowest BCUT2D eigenvalue weighted by Gasteiger charge is -2.09. The lowest BCUT2D eigenvalue weighted by Crippen LogP contribution is -2.22. The molecule has 0 radical (unpaired) electrons. The van der Waals surface area contributed by atoms with Crippen molar-refractivity contribution in [2.75, 3.05) is 49.5 Å². The van der Waals surface area contributed by atoms with E-state index < -0.39 is 10.4 Å². The minimum atomic E-state index is -4.67. The maximum absolute atomic E-state index is 8.74. The molecule has 0 saturated heterocycles. The molecule has 0 aliphatic carbocycles. The minimum absolute atomic E-state index is 0.0729. The summed E-state index contributed by atoms with van der Waals surface area (Å²) in [5, 5.41) is 0. The van der Waals surface area contributed by atoms with Crippen molar-refractivity contribution in [3.63, 3.8) is 0 Å². The lowest BCUT2D eigenvalue weighted by molar-refractivity contribution is 0.381. The maximum Gasteiger partial charge on any atom is 0.394 e. The third-order valence-corrected chi connectivity index (χ3v) is 2.52. The van der Waals surface area contributed by atoms with Crippen LogP contribution in [0, 0.1) is 0 Å². The Labute approximate surface area is 188 Å². The SMILES string of the molecule is CN(C)c1nc(N)nc(N=C(N)N)n1.CN(C)c1nc(N)nc(N=C(N)N)n1.O=S(=O)(O)O. The molecule has 0 fully saturated rings. The summed E-state index contributed by atoms with van der Waals surface area (Å²) >= 11 is 0. The predicted molar refractivity (Wildman–Crippen MR) is 122 cm³/mol. The molecule has 33 heavy (non-hydrogen) atoms. The van der Waals surface area contributed by atoms with Crippen LogP contribution < -0.4 is 44.2 Å². The van der Waals surface area contributed by atoms with Crippen LogP contribution >= 0.6 is 0 Å². The van der Waals surface area contributed by atoms with Gasteiger partial charge in [0.25, 0.3) is 11.9 Å². The van der Waals surface area contributed by atoms with Gasteiger partial charge >= 0.3 is 10.4 Å². The van der Waals surface area contributed by atoms with Gasteiger partial charge in [0.2, 0.25) is 23.8 Å². The third-order valence-electron chi connectivity index (χ3n) is 2.52. The van der Waals surface area contributed by atoms with Crippen molar-refractivity contribution in [1.29, 1.82) is 0 Å². The molecule has 0 aromatic carbocycles. The zero-order chi connectivity index (χ0) is 25.9. The van der Waals surface area contributed by atoms with E-state index in [1.807, 2.05) is 0 Å². The fraction of sp³-hybridized carbons (Fsp3) is 0.333. The van der Waals surface area contributed by atoms with Gasteiger partial charge in [-0.25, -0.2) is 0 Å². The van der Waals surface area contributed by atoms with E-state index in [2.05, 4.69) is 39.9 Å². The Morgan fingerprint density at radius 2 is 0.970 bits per heavy atom.